The summed E-state index contributed by atoms with van der Waals surface area (Å²) in [4.78, 5) is 29.0. The predicted molar refractivity (Wildman–Crippen MR) is 129 cm³/mol. The van der Waals surface area contributed by atoms with E-state index in [0.717, 1.165) is 24.5 Å². The molecule has 0 atom stereocenters. The van der Waals surface area contributed by atoms with Gasteiger partial charge in [-0.05, 0) is 42.5 Å². The lowest BCUT2D eigenvalue weighted by atomic mass is 10.1. The van der Waals surface area contributed by atoms with Crippen molar-refractivity contribution in [1.82, 2.24) is 15.1 Å². The van der Waals surface area contributed by atoms with Gasteiger partial charge in [0.2, 0.25) is 11.8 Å². The Morgan fingerprint density at radius 3 is 2.52 bits per heavy atom. The molecule has 1 saturated heterocycles. The molecule has 2 heterocycles. The summed E-state index contributed by atoms with van der Waals surface area (Å²) in [5, 5.41) is 11.6. The Morgan fingerprint density at radius 2 is 1.85 bits per heavy atom. The van der Waals surface area contributed by atoms with Gasteiger partial charge in [-0.3, -0.25) is 9.59 Å². The molecule has 1 N–H and O–H groups in total. The van der Waals surface area contributed by atoms with Gasteiger partial charge in [-0.15, -0.1) is 10.2 Å². The molecule has 1 aliphatic heterocycles. The fraction of sp³-hybridized carbons (Fsp3) is 0.304. The summed E-state index contributed by atoms with van der Waals surface area (Å²) < 4.78 is 5.39. The zero-order valence-corrected chi connectivity index (χ0v) is 19.7. The van der Waals surface area contributed by atoms with E-state index in [2.05, 4.69) is 20.4 Å². The minimum absolute atomic E-state index is 0.000437. The number of hydrogen-bond acceptors (Lipinski definition) is 7. The van der Waals surface area contributed by atoms with Gasteiger partial charge in [0.25, 0.3) is 11.1 Å². The van der Waals surface area contributed by atoms with Crippen LogP contribution in [0.4, 0.5) is 11.4 Å². The normalized spacial score (nSPS) is 13.8. The van der Waals surface area contributed by atoms with E-state index in [9.17, 15) is 9.59 Å². The number of hydrogen-bond donors (Lipinski definition) is 1. The number of halogens is 1. The van der Waals surface area contributed by atoms with Gasteiger partial charge in [-0.25, -0.2) is 0 Å². The number of thioether (sulfide) groups is 1. The van der Waals surface area contributed by atoms with Crippen molar-refractivity contribution in [2.45, 2.75) is 18.6 Å². The summed E-state index contributed by atoms with van der Waals surface area (Å²) in [5.74, 6) is 0.607. The van der Waals surface area contributed by atoms with Crippen LogP contribution >= 0.6 is 23.4 Å². The number of amides is 2. The average molecular weight is 486 g/mol. The molecule has 0 bridgehead atoms. The smallest absolute Gasteiger partial charge is 0.277 e. The number of nitrogens with zero attached hydrogens (tertiary/aromatic N) is 4. The number of aromatic nitrogens is 2. The quantitative estimate of drug-likeness (QED) is 0.506. The molecular weight excluding hydrogens is 462 g/mol. The maximum atomic E-state index is 12.7. The third kappa shape index (κ3) is 6.06. The van der Waals surface area contributed by atoms with Crippen molar-refractivity contribution < 1.29 is 14.0 Å². The third-order valence-corrected chi connectivity index (χ3v) is 6.29. The average Bonchev–Trinajstić information content (AvgIpc) is 3.31. The zero-order valence-electron chi connectivity index (χ0n) is 18.2. The standard InChI is InChI=1S/C23H24ClN5O3S/c1-2-21-26-27-23(32-21)33-15-20(30)25-18-6-8-19(9-7-18)28-10-12-29(13-11-28)22(31)16-4-3-5-17(24)14-16/h3-9,14H,2,10-13,15H2,1H3,(H,25,30). The molecule has 10 heteroatoms. The number of carbonyl (C=O) groups excluding carboxylic acids is 2. The Bertz CT molecular complexity index is 1110. The van der Waals surface area contributed by atoms with Gasteiger partial charge in [0, 0.05) is 54.6 Å². The number of carbonyl (C=O) groups is 2. The van der Waals surface area contributed by atoms with Crippen LogP contribution in [-0.2, 0) is 11.2 Å². The fourth-order valence-corrected chi connectivity index (χ4v) is 4.26. The van der Waals surface area contributed by atoms with Gasteiger partial charge in [0.1, 0.15) is 0 Å². The highest BCUT2D eigenvalue weighted by Crippen LogP contribution is 2.22. The van der Waals surface area contributed by atoms with E-state index in [-0.39, 0.29) is 17.6 Å². The predicted octanol–water partition coefficient (Wildman–Crippen LogP) is 3.98. The Labute approximate surface area is 201 Å². The number of piperazine rings is 1. The van der Waals surface area contributed by atoms with Crippen LogP contribution in [0.2, 0.25) is 5.02 Å². The van der Waals surface area contributed by atoms with Crippen LogP contribution in [-0.4, -0.2) is 58.8 Å². The second-order valence-electron chi connectivity index (χ2n) is 7.49. The second kappa shape index (κ2) is 10.7. The van der Waals surface area contributed by atoms with Crippen LogP contribution in [0.25, 0.3) is 0 Å². The lowest BCUT2D eigenvalue weighted by Crippen LogP contribution is -2.48. The summed E-state index contributed by atoms with van der Waals surface area (Å²) >= 11 is 7.22. The first-order valence-corrected chi connectivity index (χ1v) is 12.0. The highest BCUT2D eigenvalue weighted by molar-refractivity contribution is 7.99. The molecule has 0 aliphatic carbocycles. The zero-order chi connectivity index (χ0) is 23.2. The maximum absolute atomic E-state index is 12.7. The van der Waals surface area contributed by atoms with Crippen molar-refractivity contribution in [3.63, 3.8) is 0 Å². The van der Waals surface area contributed by atoms with Gasteiger partial charge < -0.3 is 19.5 Å². The number of rotatable bonds is 7. The van der Waals surface area contributed by atoms with Gasteiger partial charge in [0.15, 0.2) is 0 Å². The van der Waals surface area contributed by atoms with Crippen molar-refractivity contribution in [2.75, 3.05) is 42.1 Å². The summed E-state index contributed by atoms with van der Waals surface area (Å²) in [7, 11) is 0. The second-order valence-corrected chi connectivity index (χ2v) is 8.85. The third-order valence-electron chi connectivity index (χ3n) is 5.23. The van der Waals surface area contributed by atoms with Crippen molar-refractivity contribution in [3.05, 3.63) is 65.0 Å². The minimum Gasteiger partial charge on any atom is -0.416 e. The molecule has 0 radical (unpaired) electrons. The fourth-order valence-electron chi connectivity index (χ4n) is 3.49. The molecule has 1 fully saturated rings. The maximum Gasteiger partial charge on any atom is 0.277 e. The SMILES string of the molecule is CCc1nnc(SCC(=O)Nc2ccc(N3CCN(C(=O)c4cccc(Cl)c4)CC3)cc2)o1. The highest BCUT2D eigenvalue weighted by Gasteiger charge is 2.22. The number of nitrogens with one attached hydrogen (secondary N) is 1. The Morgan fingerprint density at radius 1 is 1.09 bits per heavy atom. The van der Waals surface area contributed by atoms with E-state index in [1.165, 1.54) is 11.8 Å². The molecule has 3 aromatic rings. The van der Waals surface area contributed by atoms with Crippen molar-refractivity contribution in [2.24, 2.45) is 0 Å². The topological polar surface area (TPSA) is 91.6 Å². The minimum atomic E-state index is -0.142. The first-order valence-electron chi connectivity index (χ1n) is 10.7. The largest absolute Gasteiger partial charge is 0.416 e. The summed E-state index contributed by atoms with van der Waals surface area (Å²) in [6.45, 7) is 4.67. The highest BCUT2D eigenvalue weighted by atomic mass is 35.5. The molecule has 2 amide bonds. The van der Waals surface area contributed by atoms with E-state index in [1.54, 1.807) is 24.3 Å². The molecule has 0 unspecified atom stereocenters. The van der Waals surface area contributed by atoms with Crippen LogP contribution in [0, 0.1) is 0 Å². The van der Waals surface area contributed by atoms with Gasteiger partial charge in [-0.2, -0.15) is 0 Å². The molecule has 0 spiro atoms. The number of aryl methyl sites for hydroxylation is 1. The molecule has 1 aliphatic rings. The first-order chi connectivity index (χ1) is 16.0. The van der Waals surface area contributed by atoms with Crippen LogP contribution in [0.3, 0.4) is 0 Å². The van der Waals surface area contributed by atoms with E-state index < -0.39 is 0 Å². The molecule has 172 valence electrons. The van der Waals surface area contributed by atoms with Crippen LogP contribution in [0.5, 0.6) is 0 Å². The van der Waals surface area contributed by atoms with Gasteiger partial charge >= 0.3 is 0 Å². The van der Waals surface area contributed by atoms with E-state index in [0.29, 0.717) is 41.2 Å². The summed E-state index contributed by atoms with van der Waals surface area (Å²) in [5.41, 5.74) is 2.38. The van der Waals surface area contributed by atoms with E-state index in [4.69, 9.17) is 16.0 Å². The lowest BCUT2D eigenvalue weighted by molar-refractivity contribution is -0.113. The van der Waals surface area contributed by atoms with Crippen molar-refractivity contribution in [1.29, 1.82) is 0 Å². The molecular formula is C23H24ClN5O3S. The van der Waals surface area contributed by atoms with Crippen molar-refractivity contribution >= 4 is 46.6 Å². The summed E-state index contributed by atoms with van der Waals surface area (Å²) in [6.07, 6.45) is 0.666. The molecule has 4 rings (SSSR count). The number of benzene rings is 2. The first kappa shape index (κ1) is 23.1. The number of anilines is 2. The summed E-state index contributed by atoms with van der Waals surface area (Å²) in [6, 6.07) is 14.7. The molecule has 1 aromatic heterocycles. The Kier molecular flexibility index (Phi) is 7.51. The lowest BCUT2D eigenvalue weighted by Gasteiger charge is -2.36. The monoisotopic (exact) mass is 485 g/mol. The molecule has 33 heavy (non-hydrogen) atoms. The Balaban J connectivity index is 1.25. The van der Waals surface area contributed by atoms with Crippen LogP contribution in [0.15, 0.2) is 58.2 Å². The molecule has 8 nitrogen and oxygen atoms in total. The molecule has 2 aromatic carbocycles. The van der Waals surface area contributed by atoms with Crippen LogP contribution < -0.4 is 10.2 Å². The van der Waals surface area contributed by atoms with E-state index in [1.807, 2.05) is 36.1 Å². The Hall–Kier alpha value is -3.04. The van der Waals surface area contributed by atoms with E-state index >= 15 is 0 Å². The van der Waals surface area contributed by atoms with Crippen molar-refractivity contribution in [3.8, 4) is 0 Å². The molecule has 0 saturated carbocycles. The van der Waals surface area contributed by atoms with Gasteiger partial charge in [0.05, 0.1) is 5.75 Å². The van der Waals surface area contributed by atoms with Gasteiger partial charge in [-0.1, -0.05) is 36.4 Å². The van der Waals surface area contributed by atoms with Crippen LogP contribution in [0.1, 0.15) is 23.2 Å².